The van der Waals surface area contributed by atoms with E-state index in [4.69, 9.17) is 0 Å². The summed E-state index contributed by atoms with van der Waals surface area (Å²) in [6.45, 7) is 0. The second kappa shape index (κ2) is 9.00. The monoisotopic (exact) mass is 214 g/mol. The van der Waals surface area contributed by atoms with Crippen LogP contribution in [0.1, 0.15) is 0 Å². The summed E-state index contributed by atoms with van der Waals surface area (Å²) >= 11 is 0. The van der Waals surface area contributed by atoms with Gasteiger partial charge in [0.1, 0.15) is 0 Å². The van der Waals surface area contributed by atoms with Gasteiger partial charge in [-0.25, -0.2) is 0 Å². The van der Waals surface area contributed by atoms with Crippen molar-refractivity contribution in [2.24, 2.45) is 0 Å². The van der Waals surface area contributed by atoms with Gasteiger partial charge >= 0.3 is 0 Å². The first-order valence-corrected chi connectivity index (χ1v) is 2.67. The second-order valence-electron chi connectivity index (χ2n) is 1.54. The molecule has 0 heterocycles. The van der Waals surface area contributed by atoms with Crippen LogP contribution in [0.3, 0.4) is 0 Å². The van der Waals surface area contributed by atoms with Gasteiger partial charge in [0, 0.05) is 34.1 Å². The Morgan fingerprint density at radius 3 is 0.500 bits per heavy atom. The molecular formula is C8H8Mn2. The minimum Gasteiger partial charge on any atom is -0.0623 e. The molecule has 0 atom stereocenters. The van der Waals surface area contributed by atoms with Crippen LogP contribution in [0.5, 0.6) is 0 Å². The van der Waals surface area contributed by atoms with Crippen LogP contribution in [-0.2, 0) is 34.1 Å². The first-order valence-electron chi connectivity index (χ1n) is 2.67. The Kier molecular flexibility index (Phi) is 11.4. The molecule has 0 nitrogen and oxygen atoms in total. The van der Waals surface area contributed by atoms with Gasteiger partial charge in [-0.2, -0.15) is 0 Å². The molecule has 1 aliphatic rings. The van der Waals surface area contributed by atoms with Gasteiger partial charge < -0.3 is 0 Å². The molecule has 54 valence electrons. The van der Waals surface area contributed by atoms with Crippen LogP contribution in [0.25, 0.3) is 0 Å². The first-order chi connectivity index (χ1) is 4.00. The number of rotatable bonds is 0. The van der Waals surface area contributed by atoms with E-state index < -0.39 is 0 Å². The van der Waals surface area contributed by atoms with E-state index in [2.05, 4.69) is 0 Å². The number of hydrogen-bond acceptors (Lipinski definition) is 0. The van der Waals surface area contributed by atoms with Crippen LogP contribution >= 0.6 is 0 Å². The quantitative estimate of drug-likeness (QED) is 0.542. The fourth-order valence-electron chi connectivity index (χ4n) is 0.513. The summed E-state index contributed by atoms with van der Waals surface area (Å²) in [5, 5.41) is 0. The molecule has 0 amide bonds. The summed E-state index contributed by atoms with van der Waals surface area (Å²) in [5.41, 5.74) is 0. The molecule has 0 aromatic carbocycles. The molecule has 2 radical (unpaired) electrons. The Labute approximate surface area is 82.7 Å². The summed E-state index contributed by atoms with van der Waals surface area (Å²) < 4.78 is 0. The first kappa shape index (κ1) is 12.7. The summed E-state index contributed by atoms with van der Waals surface area (Å²) in [5.74, 6) is 0. The maximum Gasteiger partial charge on any atom is 0 e. The maximum absolute atomic E-state index is 2.00. The van der Waals surface area contributed by atoms with Crippen LogP contribution < -0.4 is 0 Å². The van der Waals surface area contributed by atoms with Gasteiger partial charge in [-0.1, -0.05) is 48.6 Å². The van der Waals surface area contributed by atoms with Crippen molar-refractivity contribution in [2.45, 2.75) is 0 Å². The van der Waals surface area contributed by atoms with Crippen LogP contribution in [0.15, 0.2) is 48.6 Å². The largest absolute Gasteiger partial charge is 0.0623 e. The van der Waals surface area contributed by atoms with Crippen LogP contribution in [0.2, 0.25) is 0 Å². The predicted molar refractivity (Wildman–Crippen MR) is 36.6 cm³/mol. The molecular weight excluding hydrogens is 206 g/mol. The van der Waals surface area contributed by atoms with Crippen LogP contribution in [-0.4, -0.2) is 0 Å². The SMILES string of the molecule is C1=CC=CC=CC=C1.[Mn].[Mn]. The van der Waals surface area contributed by atoms with E-state index in [1.54, 1.807) is 0 Å². The van der Waals surface area contributed by atoms with Gasteiger partial charge in [0.15, 0.2) is 0 Å². The van der Waals surface area contributed by atoms with E-state index >= 15 is 0 Å². The summed E-state index contributed by atoms with van der Waals surface area (Å²) in [6, 6.07) is 0. The van der Waals surface area contributed by atoms with Crippen molar-refractivity contribution in [3.63, 3.8) is 0 Å². The maximum atomic E-state index is 2.00. The van der Waals surface area contributed by atoms with Gasteiger partial charge in [0.25, 0.3) is 0 Å². The van der Waals surface area contributed by atoms with Crippen molar-refractivity contribution in [2.75, 3.05) is 0 Å². The van der Waals surface area contributed by atoms with Gasteiger partial charge in [0.05, 0.1) is 0 Å². The van der Waals surface area contributed by atoms with E-state index in [0.29, 0.717) is 0 Å². The van der Waals surface area contributed by atoms with Crippen molar-refractivity contribution in [3.05, 3.63) is 48.6 Å². The average Bonchev–Trinajstić information content (AvgIpc) is 1.62. The molecule has 0 saturated heterocycles. The average molecular weight is 214 g/mol. The van der Waals surface area contributed by atoms with Crippen molar-refractivity contribution >= 4 is 0 Å². The molecule has 0 unspecified atom stereocenters. The topological polar surface area (TPSA) is 0 Å². The minimum absolute atomic E-state index is 0. The van der Waals surface area contributed by atoms with Gasteiger partial charge in [-0.15, -0.1) is 0 Å². The molecule has 1 aliphatic carbocycles. The zero-order valence-electron chi connectivity index (χ0n) is 5.37. The Hall–Kier alpha value is -0.00104. The zero-order valence-corrected chi connectivity index (χ0v) is 7.74. The molecule has 0 aromatic rings. The number of hydrogen-bond donors (Lipinski definition) is 0. The van der Waals surface area contributed by atoms with Crippen molar-refractivity contribution < 1.29 is 34.1 Å². The van der Waals surface area contributed by atoms with Crippen molar-refractivity contribution in [1.82, 2.24) is 0 Å². The molecule has 0 fully saturated rings. The smallest absolute Gasteiger partial charge is 0 e. The fraction of sp³-hybridized carbons (Fsp3) is 0. The molecule has 2 heteroatoms. The van der Waals surface area contributed by atoms with Crippen LogP contribution in [0, 0.1) is 0 Å². The fourth-order valence-corrected chi connectivity index (χ4v) is 0.513. The van der Waals surface area contributed by atoms with E-state index in [1.165, 1.54) is 0 Å². The molecule has 0 N–H and O–H groups in total. The van der Waals surface area contributed by atoms with Gasteiger partial charge in [-0.3, -0.25) is 0 Å². The number of allylic oxidation sites excluding steroid dienone is 8. The van der Waals surface area contributed by atoms with E-state index in [9.17, 15) is 0 Å². The molecule has 0 bridgehead atoms. The van der Waals surface area contributed by atoms with E-state index in [-0.39, 0.29) is 34.1 Å². The van der Waals surface area contributed by atoms with Crippen LogP contribution in [0.4, 0.5) is 0 Å². The van der Waals surface area contributed by atoms with E-state index in [0.717, 1.165) is 0 Å². The molecule has 0 aliphatic heterocycles. The van der Waals surface area contributed by atoms with Crippen molar-refractivity contribution in [3.8, 4) is 0 Å². The third-order valence-corrected chi connectivity index (χ3v) is 0.889. The summed E-state index contributed by atoms with van der Waals surface area (Å²) in [6.07, 6.45) is 16.0. The standard InChI is InChI=1S/C8H8.2Mn/c1-2-4-6-8-7-5-3-1;;/h1-8H;;. The Balaban J connectivity index is 0. The van der Waals surface area contributed by atoms with Crippen molar-refractivity contribution in [1.29, 1.82) is 0 Å². The molecule has 0 spiro atoms. The third-order valence-electron chi connectivity index (χ3n) is 0.889. The zero-order chi connectivity index (χ0) is 5.66. The molecule has 0 saturated carbocycles. The predicted octanol–water partition coefficient (Wildman–Crippen LogP) is 2.22. The third kappa shape index (κ3) is 6.12. The van der Waals surface area contributed by atoms with Gasteiger partial charge in [0.2, 0.25) is 0 Å². The Morgan fingerprint density at radius 1 is 0.300 bits per heavy atom. The van der Waals surface area contributed by atoms with E-state index in [1.807, 2.05) is 48.6 Å². The molecule has 10 heavy (non-hydrogen) atoms. The minimum atomic E-state index is 0. The second-order valence-corrected chi connectivity index (χ2v) is 1.54. The Morgan fingerprint density at radius 2 is 0.400 bits per heavy atom. The normalized spacial score (nSPS) is 12.8. The summed E-state index contributed by atoms with van der Waals surface area (Å²) in [7, 11) is 0. The Bertz CT molecular complexity index is 108. The summed E-state index contributed by atoms with van der Waals surface area (Å²) in [4.78, 5) is 0. The molecule has 0 aromatic heterocycles. The van der Waals surface area contributed by atoms with Gasteiger partial charge in [-0.05, 0) is 0 Å². The molecule has 1 rings (SSSR count).